The van der Waals surface area contributed by atoms with Crippen LogP contribution in [0.2, 0.25) is 0 Å². The molecule has 0 unspecified atom stereocenters. The summed E-state index contributed by atoms with van der Waals surface area (Å²) in [5.74, 6) is 0. The van der Waals surface area contributed by atoms with Gasteiger partial charge in [0.05, 0.1) is 16.1 Å². The van der Waals surface area contributed by atoms with Crippen LogP contribution in [0.3, 0.4) is 0 Å². The molecule has 3 heteroatoms. The van der Waals surface area contributed by atoms with Crippen LogP contribution in [0.1, 0.15) is 6.92 Å². The molecule has 0 rings (SSSR count). The van der Waals surface area contributed by atoms with Crippen molar-refractivity contribution in [1.82, 2.24) is 0 Å². The van der Waals surface area contributed by atoms with Crippen LogP contribution in [0.4, 0.5) is 0 Å². The predicted molar refractivity (Wildman–Crippen MR) is 24.9 cm³/mol. The maximum absolute atomic E-state index is 9.51. The summed E-state index contributed by atoms with van der Waals surface area (Å²) in [6, 6.07) is 0. The van der Waals surface area contributed by atoms with Gasteiger partial charge in [-0.2, -0.15) is 0 Å². The molecule has 0 aromatic heterocycles. The van der Waals surface area contributed by atoms with Crippen LogP contribution in [0.25, 0.3) is 0 Å². The highest BCUT2D eigenvalue weighted by atomic mass is 32.1. The zero-order valence-electron chi connectivity index (χ0n) is 3.30. The number of carbonyl (C=O) groups is 1. The normalized spacial score (nSPS) is 6.83. The molecule has 0 aliphatic carbocycles. The summed E-state index contributed by atoms with van der Waals surface area (Å²) in [4.78, 5) is 9.75. The third-order valence-corrected chi connectivity index (χ3v) is 0.657. The van der Waals surface area contributed by atoms with Crippen LogP contribution < -0.4 is 0 Å². The van der Waals surface area contributed by atoms with E-state index in [-0.39, 0.29) is 16.1 Å². The standard InChI is InChI=1S/C3H4O2S/c1-3(2-4)6-5/h2H,1H3. The van der Waals surface area contributed by atoms with Crippen molar-refractivity contribution in [3.8, 4) is 0 Å². The minimum atomic E-state index is 0.223. The molecule has 0 saturated heterocycles. The number of hydrogen-bond acceptors (Lipinski definition) is 2. The third-order valence-electron chi connectivity index (χ3n) is 0.297. The molecule has 0 aliphatic rings. The monoisotopic (exact) mass is 104 g/mol. The highest BCUT2D eigenvalue weighted by Gasteiger charge is 1.75. The van der Waals surface area contributed by atoms with Crippen molar-refractivity contribution in [2.45, 2.75) is 6.92 Å². The third kappa shape index (κ3) is 1.84. The summed E-state index contributed by atoms with van der Waals surface area (Å²) >= 11 is 0.223. The van der Waals surface area contributed by atoms with Gasteiger partial charge in [0.1, 0.15) is 0 Å². The Kier molecular flexibility index (Phi) is 2.58. The Morgan fingerprint density at radius 3 is 2.33 bits per heavy atom. The van der Waals surface area contributed by atoms with E-state index in [0.717, 1.165) is 0 Å². The molecule has 34 valence electrons. The van der Waals surface area contributed by atoms with Crippen molar-refractivity contribution in [3.05, 3.63) is 0 Å². The zero-order chi connectivity index (χ0) is 4.99. The summed E-state index contributed by atoms with van der Waals surface area (Å²) in [5, 5.41) is 0. The van der Waals surface area contributed by atoms with Gasteiger partial charge in [0, 0.05) is 0 Å². The predicted octanol–water partition coefficient (Wildman–Crippen LogP) is -0.409. The topological polar surface area (TPSA) is 34.1 Å². The van der Waals surface area contributed by atoms with Gasteiger partial charge in [-0.1, -0.05) is 0 Å². The van der Waals surface area contributed by atoms with Crippen LogP contribution in [0, 0.1) is 0 Å². The van der Waals surface area contributed by atoms with Gasteiger partial charge in [-0.25, -0.2) is 4.21 Å². The quantitative estimate of drug-likeness (QED) is 0.335. The summed E-state index contributed by atoms with van der Waals surface area (Å²) in [6.07, 6.45) is 0.539. The van der Waals surface area contributed by atoms with Gasteiger partial charge in [-0.05, 0) is 6.92 Å². The Hall–Kier alpha value is -0.440. The Morgan fingerprint density at radius 2 is 2.33 bits per heavy atom. The SMILES string of the molecule is CC(C=O)=S=O. The van der Waals surface area contributed by atoms with Crippen molar-refractivity contribution in [2.75, 3.05) is 0 Å². The fourth-order valence-electron chi connectivity index (χ4n) is 0.0196. The number of aldehydes is 1. The molecular weight excluding hydrogens is 100 g/mol. The van der Waals surface area contributed by atoms with E-state index in [1.807, 2.05) is 0 Å². The molecule has 0 amide bonds. The van der Waals surface area contributed by atoms with Gasteiger partial charge in [0.25, 0.3) is 0 Å². The molecule has 0 aromatic carbocycles. The lowest BCUT2D eigenvalue weighted by Crippen LogP contribution is -1.87. The maximum Gasteiger partial charge on any atom is 0.158 e. The Balaban J connectivity index is 3.86. The molecular formula is C3H4O2S. The van der Waals surface area contributed by atoms with E-state index in [9.17, 15) is 9.00 Å². The summed E-state index contributed by atoms with van der Waals surface area (Å²) in [5.41, 5.74) is 0. The van der Waals surface area contributed by atoms with E-state index in [1.54, 1.807) is 0 Å². The molecule has 0 N–H and O–H groups in total. The second-order valence-corrected chi connectivity index (χ2v) is 1.62. The van der Waals surface area contributed by atoms with E-state index >= 15 is 0 Å². The summed E-state index contributed by atoms with van der Waals surface area (Å²) < 4.78 is 9.51. The number of hydrogen-bond donors (Lipinski definition) is 0. The van der Waals surface area contributed by atoms with Crippen molar-refractivity contribution in [3.63, 3.8) is 0 Å². The van der Waals surface area contributed by atoms with E-state index < -0.39 is 0 Å². The summed E-state index contributed by atoms with van der Waals surface area (Å²) in [6.45, 7) is 1.48. The van der Waals surface area contributed by atoms with Crippen molar-refractivity contribution in [2.24, 2.45) is 0 Å². The fraction of sp³-hybridized carbons (Fsp3) is 0.333. The molecule has 0 aliphatic heterocycles. The first-order valence-electron chi connectivity index (χ1n) is 1.40. The van der Waals surface area contributed by atoms with Gasteiger partial charge >= 0.3 is 0 Å². The average Bonchev–Trinajstić information content (AvgIpc) is 1.65. The van der Waals surface area contributed by atoms with Gasteiger partial charge in [-0.15, -0.1) is 0 Å². The molecule has 0 radical (unpaired) electrons. The number of rotatable bonds is 1. The average molecular weight is 104 g/mol. The second kappa shape index (κ2) is 2.78. The van der Waals surface area contributed by atoms with Crippen LogP contribution >= 0.6 is 0 Å². The first-order chi connectivity index (χ1) is 2.81. The Labute approximate surface area is 39.2 Å². The van der Waals surface area contributed by atoms with Crippen LogP contribution in [-0.2, 0) is 16.1 Å². The van der Waals surface area contributed by atoms with E-state index in [4.69, 9.17) is 0 Å². The lowest BCUT2D eigenvalue weighted by atomic mass is 10.6. The highest BCUT2D eigenvalue weighted by molar-refractivity contribution is 7.68. The minimum Gasteiger partial charge on any atom is -0.297 e. The van der Waals surface area contributed by atoms with Crippen LogP contribution in [0.15, 0.2) is 0 Å². The second-order valence-electron chi connectivity index (χ2n) is 0.812. The molecule has 0 heterocycles. The summed E-state index contributed by atoms with van der Waals surface area (Å²) in [7, 11) is 0. The fourth-order valence-corrected chi connectivity index (χ4v) is 0.0589. The van der Waals surface area contributed by atoms with Gasteiger partial charge < -0.3 is 0 Å². The lowest BCUT2D eigenvalue weighted by molar-refractivity contribution is -0.102. The van der Waals surface area contributed by atoms with Crippen molar-refractivity contribution < 1.29 is 9.00 Å². The van der Waals surface area contributed by atoms with E-state index in [2.05, 4.69) is 0 Å². The smallest absolute Gasteiger partial charge is 0.158 e. The van der Waals surface area contributed by atoms with Crippen LogP contribution in [-0.4, -0.2) is 15.4 Å². The Bertz CT molecular complexity index is 101. The molecule has 0 bridgehead atoms. The van der Waals surface area contributed by atoms with Gasteiger partial charge in [0.15, 0.2) is 6.29 Å². The van der Waals surface area contributed by atoms with Crippen molar-refractivity contribution in [1.29, 1.82) is 0 Å². The molecule has 2 nitrogen and oxygen atoms in total. The Morgan fingerprint density at radius 1 is 1.83 bits per heavy atom. The molecule has 0 fully saturated rings. The minimum absolute atomic E-state index is 0.223. The van der Waals surface area contributed by atoms with E-state index in [0.29, 0.717) is 6.29 Å². The number of carbonyl (C=O) groups excluding carboxylic acids is 1. The van der Waals surface area contributed by atoms with E-state index in [1.165, 1.54) is 6.92 Å². The molecule has 6 heavy (non-hydrogen) atoms. The maximum atomic E-state index is 9.51. The first-order valence-corrected chi connectivity index (χ1v) is 2.14. The molecule has 0 aromatic rings. The van der Waals surface area contributed by atoms with Gasteiger partial charge in [0.2, 0.25) is 0 Å². The molecule has 0 saturated carbocycles. The highest BCUT2D eigenvalue weighted by Crippen LogP contribution is 1.52. The zero-order valence-corrected chi connectivity index (χ0v) is 4.12. The first kappa shape index (κ1) is 5.56. The van der Waals surface area contributed by atoms with Gasteiger partial charge in [-0.3, -0.25) is 4.79 Å². The molecule has 0 atom stereocenters. The largest absolute Gasteiger partial charge is 0.297 e. The van der Waals surface area contributed by atoms with Crippen LogP contribution in [0.5, 0.6) is 0 Å². The lowest BCUT2D eigenvalue weighted by Gasteiger charge is -1.62. The van der Waals surface area contributed by atoms with Crippen molar-refractivity contribution >= 4 is 22.4 Å². The molecule has 0 spiro atoms.